The van der Waals surface area contributed by atoms with Crippen LogP contribution < -0.4 is 10.1 Å². The van der Waals surface area contributed by atoms with E-state index in [1.807, 2.05) is 6.07 Å². The Labute approximate surface area is 166 Å². The molecule has 0 bridgehead atoms. The predicted octanol–water partition coefficient (Wildman–Crippen LogP) is 4.46. The molecule has 0 atom stereocenters. The monoisotopic (exact) mass is 388 g/mol. The number of ether oxygens (including phenoxy) is 1. The van der Waals surface area contributed by atoms with Crippen molar-refractivity contribution in [2.24, 2.45) is 0 Å². The van der Waals surface area contributed by atoms with E-state index in [1.165, 1.54) is 20.1 Å². The fourth-order valence-corrected chi connectivity index (χ4v) is 3.09. The molecule has 7 heteroatoms. The quantitative estimate of drug-likeness (QED) is 0.558. The normalized spacial score (nSPS) is 10.7. The molecule has 0 aliphatic carbocycles. The molecule has 0 radical (unpaired) electrons. The Bertz CT molecular complexity index is 1210. The highest BCUT2D eigenvalue weighted by molar-refractivity contribution is 6.02. The molecule has 0 unspecified atom stereocenters. The van der Waals surface area contributed by atoms with Gasteiger partial charge in [-0.15, -0.1) is 0 Å². The van der Waals surface area contributed by atoms with Crippen LogP contribution in [-0.4, -0.2) is 28.0 Å². The third-order valence-electron chi connectivity index (χ3n) is 4.38. The van der Waals surface area contributed by atoms with Crippen LogP contribution in [0, 0.1) is 5.82 Å². The molecule has 0 fully saturated rings. The maximum absolute atomic E-state index is 14.4. The highest BCUT2D eigenvalue weighted by Gasteiger charge is 2.17. The number of benzene rings is 2. The molecule has 2 heterocycles. The average Bonchev–Trinajstić information content (AvgIpc) is 2.73. The van der Waals surface area contributed by atoms with Gasteiger partial charge < -0.3 is 10.1 Å². The highest BCUT2D eigenvalue weighted by atomic mass is 19.1. The van der Waals surface area contributed by atoms with Gasteiger partial charge in [0.05, 0.1) is 7.11 Å². The molecule has 29 heavy (non-hydrogen) atoms. The minimum atomic E-state index is -0.358. The second kappa shape index (κ2) is 7.63. The van der Waals surface area contributed by atoms with Gasteiger partial charge in [-0.05, 0) is 35.9 Å². The Hall–Kier alpha value is -3.87. The second-order valence-corrected chi connectivity index (χ2v) is 6.37. The molecule has 6 nitrogen and oxygen atoms in total. The van der Waals surface area contributed by atoms with Crippen LogP contribution in [0.15, 0.2) is 60.9 Å². The van der Waals surface area contributed by atoms with Gasteiger partial charge >= 0.3 is 0 Å². The second-order valence-electron chi connectivity index (χ2n) is 6.37. The van der Waals surface area contributed by atoms with Crippen LogP contribution in [0.25, 0.3) is 33.4 Å². The Morgan fingerprint density at radius 1 is 1.07 bits per heavy atom. The molecule has 2 aromatic carbocycles. The number of hydrogen-bond donors (Lipinski definition) is 1. The first-order valence-corrected chi connectivity index (χ1v) is 8.89. The van der Waals surface area contributed by atoms with Crippen molar-refractivity contribution >= 4 is 22.6 Å². The number of halogens is 1. The van der Waals surface area contributed by atoms with E-state index in [0.29, 0.717) is 45.0 Å². The smallest absolute Gasteiger partial charge is 0.222 e. The molecule has 0 spiro atoms. The Morgan fingerprint density at radius 2 is 1.90 bits per heavy atom. The number of aromatic nitrogens is 3. The van der Waals surface area contributed by atoms with Gasteiger partial charge in [-0.2, -0.15) is 0 Å². The van der Waals surface area contributed by atoms with Crippen molar-refractivity contribution in [2.45, 2.75) is 6.92 Å². The van der Waals surface area contributed by atoms with Crippen molar-refractivity contribution in [3.8, 4) is 28.3 Å². The number of anilines is 1. The van der Waals surface area contributed by atoms with Crippen LogP contribution in [0.1, 0.15) is 6.92 Å². The largest absolute Gasteiger partial charge is 0.494 e. The van der Waals surface area contributed by atoms with Crippen molar-refractivity contribution in [1.29, 1.82) is 0 Å². The molecule has 1 N–H and O–H groups in total. The lowest BCUT2D eigenvalue weighted by Crippen LogP contribution is -2.09. The van der Waals surface area contributed by atoms with Gasteiger partial charge in [0, 0.05) is 35.8 Å². The number of methoxy groups -OCH3 is 1. The zero-order valence-corrected chi connectivity index (χ0v) is 15.8. The molecule has 0 aliphatic rings. The zero-order chi connectivity index (χ0) is 20.4. The lowest BCUT2D eigenvalue weighted by atomic mass is 10.0. The summed E-state index contributed by atoms with van der Waals surface area (Å²) in [5.74, 6) is 0.518. The van der Waals surface area contributed by atoms with E-state index in [2.05, 4.69) is 20.3 Å². The number of pyridine rings is 1. The standard InChI is InChI=1S/C22H17FN4O2/c1-13(28)25-22-17-10-15(16-7-3-4-8-18(16)23)11-19(29-2)20(17)26-21(27-22)14-6-5-9-24-12-14/h3-12H,1-2H3,(H,25,26,27,28). The topological polar surface area (TPSA) is 77.0 Å². The number of nitrogens with zero attached hydrogens (tertiary/aromatic N) is 3. The fourth-order valence-electron chi connectivity index (χ4n) is 3.09. The maximum atomic E-state index is 14.4. The molecule has 4 rings (SSSR count). The summed E-state index contributed by atoms with van der Waals surface area (Å²) >= 11 is 0. The average molecular weight is 388 g/mol. The summed E-state index contributed by atoms with van der Waals surface area (Å²) < 4.78 is 19.9. The van der Waals surface area contributed by atoms with E-state index in [4.69, 9.17) is 4.74 Å². The van der Waals surface area contributed by atoms with Gasteiger partial charge in [-0.1, -0.05) is 18.2 Å². The molecular weight excluding hydrogens is 371 g/mol. The third-order valence-corrected chi connectivity index (χ3v) is 4.38. The summed E-state index contributed by atoms with van der Waals surface area (Å²) in [5, 5.41) is 3.29. The minimum absolute atomic E-state index is 0.280. The number of nitrogens with one attached hydrogen (secondary N) is 1. The van der Waals surface area contributed by atoms with Crippen molar-refractivity contribution in [3.05, 3.63) is 66.7 Å². The van der Waals surface area contributed by atoms with Gasteiger partial charge in [-0.3, -0.25) is 9.78 Å². The molecule has 0 saturated heterocycles. The summed E-state index contributed by atoms with van der Waals surface area (Å²) in [4.78, 5) is 25.0. The number of fused-ring (bicyclic) bond motifs is 1. The summed E-state index contributed by atoms with van der Waals surface area (Å²) in [6, 6.07) is 13.5. The van der Waals surface area contributed by atoms with E-state index in [9.17, 15) is 9.18 Å². The first-order valence-electron chi connectivity index (χ1n) is 8.89. The number of amides is 1. The fraction of sp³-hybridized carbons (Fsp3) is 0.0909. The van der Waals surface area contributed by atoms with Gasteiger partial charge in [-0.25, -0.2) is 14.4 Å². The first kappa shape index (κ1) is 18.5. The van der Waals surface area contributed by atoms with E-state index in [1.54, 1.807) is 48.8 Å². The Balaban J connectivity index is 2.02. The summed E-state index contributed by atoms with van der Waals surface area (Å²) in [7, 11) is 1.52. The number of carbonyl (C=O) groups is 1. The lowest BCUT2D eigenvalue weighted by Gasteiger charge is -2.14. The number of rotatable bonds is 4. The SMILES string of the molecule is COc1cc(-c2ccccc2F)cc2c(NC(C)=O)nc(-c3cccnc3)nc12. The molecule has 4 aromatic rings. The molecule has 2 aromatic heterocycles. The van der Waals surface area contributed by atoms with Crippen molar-refractivity contribution < 1.29 is 13.9 Å². The maximum Gasteiger partial charge on any atom is 0.222 e. The van der Waals surface area contributed by atoms with Crippen LogP contribution in [0.3, 0.4) is 0 Å². The van der Waals surface area contributed by atoms with Crippen molar-refractivity contribution in [1.82, 2.24) is 15.0 Å². The third kappa shape index (κ3) is 3.62. The zero-order valence-electron chi connectivity index (χ0n) is 15.8. The highest BCUT2D eigenvalue weighted by Crippen LogP contribution is 2.36. The van der Waals surface area contributed by atoms with Gasteiger partial charge in [0.1, 0.15) is 22.9 Å². The summed E-state index contributed by atoms with van der Waals surface area (Å²) in [6.45, 7) is 1.40. The molecule has 1 amide bonds. The molecule has 0 aliphatic heterocycles. The lowest BCUT2D eigenvalue weighted by molar-refractivity contribution is -0.114. The Kier molecular flexibility index (Phi) is 4.87. The summed E-state index contributed by atoms with van der Waals surface area (Å²) in [6.07, 6.45) is 3.29. The number of carbonyl (C=O) groups excluding carboxylic acids is 1. The Morgan fingerprint density at radius 3 is 2.59 bits per heavy atom. The predicted molar refractivity (Wildman–Crippen MR) is 109 cm³/mol. The van der Waals surface area contributed by atoms with E-state index in [-0.39, 0.29) is 11.7 Å². The van der Waals surface area contributed by atoms with Crippen molar-refractivity contribution in [2.75, 3.05) is 12.4 Å². The van der Waals surface area contributed by atoms with Crippen LogP contribution in [0.2, 0.25) is 0 Å². The summed E-state index contributed by atoms with van der Waals surface area (Å²) in [5.41, 5.74) is 2.21. The van der Waals surface area contributed by atoms with Crippen LogP contribution in [-0.2, 0) is 4.79 Å². The van der Waals surface area contributed by atoms with E-state index >= 15 is 0 Å². The van der Waals surface area contributed by atoms with Crippen molar-refractivity contribution in [3.63, 3.8) is 0 Å². The molecule has 0 saturated carbocycles. The van der Waals surface area contributed by atoms with Crippen LogP contribution in [0.5, 0.6) is 5.75 Å². The first-order chi connectivity index (χ1) is 14.1. The number of hydrogen-bond acceptors (Lipinski definition) is 5. The van der Waals surface area contributed by atoms with E-state index < -0.39 is 0 Å². The van der Waals surface area contributed by atoms with E-state index in [0.717, 1.165) is 0 Å². The minimum Gasteiger partial charge on any atom is -0.494 e. The van der Waals surface area contributed by atoms with Crippen LogP contribution in [0.4, 0.5) is 10.2 Å². The molecule has 144 valence electrons. The van der Waals surface area contributed by atoms with Crippen LogP contribution >= 0.6 is 0 Å². The molecular formula is C22H17FN4O2. The van der Waals surface area contributed by atoms with Gasteiger partial charge in [0.2, 0.25) is 5.91 Å². The van der Waals surface area contributed by atoms with Gasteiger partial charge in [0.15, 0.2) is 5.82 Å². The van der Waals surface area contributed by atoms with Gasteiger partial charge in [0.25, 0.3) is 0 Å².